The van der Waals surface area contributed by atoms with Gasteiger partial charge in [-0.2, -0.15) is 0 Å². The standard InChI is InChI=1S/C18H20N4O5/c1-8-7-22-12-4-3-10(14(19)23)5-11(12)6-18(13(22)9(2)27-8)15(24)20-17(26)21-16(18)25/h3-5,8-9,13H,6-7H2,1-2H3,(H2,19,23)(H2,20,21,24,25,26). The van der Waals surface area contributed by atoms with E-state index in [9.17, 15) is 19.2 Å². The van der Waals surface area contributed by atoms with Crippen LogP contribution in [0.2, 0.25) is 0 Å². The van der Waals surface area contributed by atoms with Gasteiger partial charge in [0.05, 0.1) is 18.2 Å². The molecule has 4 N–H and O–H groups in total. The van der Waals surface area contributed by atoms with Crippen LogP contribution in [0.5, 0.6) is 0 Å². The van der Waals surface area contributed by atoms with E-state index in [1.807, 2.05) is 18.7 Å². The zero-order chi connectivity index (χ0) is 19.5. The van der Waals surface area contributed by atoms with Gasteiger partial charge < -0.3 is 15.4 Å². The van der Waals surface area contributed by atoms with Crippen LogP contribution in [-0.2, 0) is 20.7 Å². The van der Waals surface area contributed by atoms with Crippen LogP contribution in [0.4, 0.5) is 10.5 Å². The van der Waals surface area contributed by atoms with Gasteiger partial charge in [0.2, 0.25) is 17.7 Å². The molecule has 0 saturated carbocycles. The maximum atomic E-state index is 12.9. The number of nitrogens with zero attached hydrogens (tertiary/aromatic N) is 1. The molecular formula is C18H20N4O5. The van der Waals surface area contributed by atoms with Crippen molar-refractivity contribution in [1.29, 1.82) is 0 Å². The van der Waals surface area contributed by atoms with Crippen LogP contribution in [-0.4, -0.2) is 48.5 Å². The van der Waals surface area contributed by atoms with Gasteiger partial charge in [0.15, 0.2) is 5.41 Å². The molecule has 1 spiro atoms. The molecule has 3 aliphatic rings. The second kappa shape index (κ2) is 5.78. The van der Waals surface area contributed by atoms with Gasteiger partial charge in [-0.05, 0) is 44.0 Å². The lowest BCUT2D eigenvalue weighted by Gasteiger charge is -2.55. The summed E-state index contributed by atoms with van der Waals surface area (Å²) in [5, 5.41) is 4.44. The van der Waals surface area contributed by atoms with Crippen molar-refractivity contribution in [3.8, 4) is 0 Å². The molecule has 3 unspecified atom stereocenters. The van der Waals surface area contributed by atoms with E-state index in [2.05, 4.69) is 10.6 Å². The van der Waals surface area contributed by atoms with E-state index in [-0.39, 0.29) is 12.5 Å². The first-order chi connectivity index (χ1) is 12.7. The molecule has 0 bridgehead atoms. The Morgan fingerprint density at radius 3 is 2.52 bits per heavy atom. The van der Waals surface area contributed by atoms with Gasteiger partial charge in [-0.25, -0.2) is 4.79 Å². The Bertz CT molecular complexity index is 863. The Hall–Kier alpha value is -2.94. The fraction of sp³-hybridized carbons (Fsp3) is 0.444. The fourth-order valence-electron chi connectivity index (χ4n) is 4.60. The number of primary amides is 1. The Morgan fingerprint density at radius 2 is 1.89 bits per heavy atom. The molecule has 142 valence electrons. The highest BCUT2D eigenvalue weighted by Gasteiger charge is 2.62. The number of fused-ring (bicyclic) bond motifs is 4. The predicted octanol–water partition coefficient (Wildman–Crippen LogP) is -0.324. The van der Waals surface area contributed by atoms with Gasteiger partial charge in [-0.3, -0.25) is 25.0 Å². The van der Waals surface area contributed by atoms with Gasteiger partial charge in [0.1, 0.15) is 0 Å². The van der Waals surface area contributed by atoms with Crippen LogP contribution in [0, 0.1) is 5.41 Å². The fourth-order valence-corrected chi connectivity index (χ4v) is 4.60. The minimum Gasteiger partial charge on any atom is -0.372 e. The maximum absolute atomic E-state index is 12.9. The average molecular weight is 372 g/mol. The number of nitrogens with one attached hydrogen (secondary N) is 2. The monoisotopic (exact) mass is 372 g/mol. The van der Waals surface area contributed by atoms with Crippen LogP contribution in [0.1, 0.15) is 29.8 Å². The van der Waals surface area contributed by atoms with E-state index in [0.717, 1.165) is 5.69 Å². The van der Waals surface area contributed by atoms with E-state index in [0.29, 0.717) is 17.7 Å². The number of urea groups is 1. The number of hydrogen-bond donors (Lipinski definition) is 3. The summed E-state index contributed by atoms with van der Waals surface area (Å²) in [6.45, 7) is 4.19. The highest BCUT2D eigenvalue weighted by atomic mass is 16.5. The summed E-state index contributed by atoms with van der Waals surface area (Å²) in [7, 11) is 0. The van der Waals surface area contributed by atoms with E-state index in [1.54, 1.807) is 18.2 Å². The number of carbonyl (C=O) groups excluding carboxylic acids is 4. The average Bonchev–Trinajstić information content (AvgIpc) is 2.58. The predicted molar refractivity (Wildman–Crippen MR) is 93.9 cm³/mol. The van der Waals surface area contributed by atoms with Crippen LogP contribution < -0.4 is 21.3 Å². The molecule has 9 nitrogen and oxygen atoms in total. The van der Waals surface area contributed by atoms with Gasteiger partial charge >= 0.3 is 6.03 Å². The second-order valence-corrected chi connectivity index (χ2v) is 7.34. The Labute approximate surface area is 155 Å². The lowest BCUT2D eigenvalue weighted by Crippen LogP contribution is -2.75. The first-order valence-electron chi connectivity index (χ1n) is 8.75. The van der Waals surface area contributed by atoms with E-state index in [1.165, 1.54) is 0 Å². The molecule has 0 radical (unpaired) electrons. The molecule has 2 saturated heterocycles. The summed E-state index contributed by atoms with van der Waals surface area (Å²) in [5.74, 6) is -1.91. The molecule has 9 heteroatoms. The van der Waals surface area contributed by atoms with E-state index < -0.39 is 41.3 Å². The largest absolute Gasteiger partial charge is 0.372 e. The summed E-state index contributed by atoms with van der Waals surface area (Å²) in [4.78, 5) is 51.1. The normalized spacial score (nSPS) is 28.9. The van der Waals surface area contributed by atoms with Gasteiger partial charge in [-0.15, -0.1) is 0 Å². The minimum atomic E-state index is -1.54. The van der Waals surface area contributed by atoms with Gasteiger partial charge in [-0.1, -0.05) is 0 Å². The van der Waals surface area contributed by atoms with Crippen LogP contribution in [0.3, 0.4) is 0 Å². The molecule has 2 fully saturated rings. The smallest absolute Gasteiger partial charge is 0.328 e. The van der Waals surface area contributed by atoms with Crippen LogP contribution in [0.25, 0.3) is 0 Å². The summed E-state index contributed by atoms with van der Waals surface area (Å²) in [5.41, 5.74) is 5.63. The summed E-state index contributed by atoms with van der Waals surface area (Å²) < 4.78 is 5.92. The number of nitrogens with two attached hydrogens (primary N) is 1. The number of rotatable bonds is 1. The van der Waals surface area contributed by atoms with Crippen molar-refractivity contribution in [1.82, 2.24) is 10.6 Å². The summed E-state index contributed by atoms with van der Waals surface area (Å²) in [6.07, 6.45) is -0.508. The van der Waals surface area contributed by atoms with E-state index >= 15 is 0 Å². The zero-order valence-corrected chi connectivity index (χ0v) is 14.9. The number of imide groups is 2. The quantitative estimate of drug-likeness (QED) is 0.579. The van der Waals surface area contributed by atoms with Crippen LogP contribution in [0.15, 0.2) is 18.2 Å². The molecule has 4 rings (SSSR count). The zero-order valence-electron chi connectivity index (χ0n) is 14.9. The molecule has 0 aromatic heterocycles. The first-order valence-corrected chi connectivity index (χ1v) is 8.75. The second-order valence-electron chi connectivity index (χ2n) is 7.34. The molecule has 5 amide bonds. The van der Waals surface area contributed by atoms with Crippen molar-refractivity contribution in [2.75, 3.05) is 11.4 Å². The highest BCUT2D eigenvalue weighted by molar-refractivity contribution is 6.20. The van der Waals surface area contributed by atoms with Crippen LogP contribution >= 0.6 is 0 Å². The Balaban J connectivity index is 1.92. The number of hydrogen-bond acceptors (Lipinski definition) is 6. The number of carbonyl (C=O) groups is 4. The van der Waals surface area contributed by atoms with Crippen molar-refractivity contribution < 1.29 is 23.9 Å². The maximum Gasteiger partial charge on any atom is 0.328 e. The Kier molecular flexibility index (Phi) is 3.74. The number of benzene rings is 1. The highest BCUT2D eigenvalue weighted by Crippen LogP contribution is 2.46. The lowest BCUT2D eigenvalue weighted by molar-refractivity contribution is -0.153. The first kappa shape index (κ1) is 17.5. The van der Waals surface area contributed by atoms with Crippen molar-refractivity contribution >= 4 is 29.4 Å². The molecule has 3 atom stereocenters. The van der Waals surface area contributed by atoms with Gasteiger partial charge in [0.25, 0.3) is 0 Å². The summed E-state index contributed by atoms with van der Waals surface area (Å²) in [6, 6.07) is 3.60. The number of morpholine rings is 1. The molecular weight excluding hydrogens is 352 g/mol. The SMILES string of the molecule is CC1CN2c3ccc(C(N)=O)cc3CC3(C(=O)NC(=O)NC3=O)C2C(C)O1. The number of anilines is 1. The topological polar surface area (TPSA) is 131 Å². The molecule has 1 aromatic carbocycles. The Morgan fingerprint density at radius 1 is 1.22 bits per heavy atom. The number of amides is 5. The lowest BCUT2D eigenvalue weighted by atomic mass is 9.66. The molecule has 3 aliphatic heterocycles. The molecule has 3 heterocycles. The van der Waals surface area contributed by atoms with E-state index in [4.69, 9.17) is 10.5 Å². The third kappa shape index (κ3) is 2.42. The number of ether oxygens (including phenoxy) is 1. The minimum absolute atomic E-state index is 0.0393. The molecule has 1 aromatic rings. The molecule has 0 aliphatic carbocycles. The van der Waals surface area contributed by atoms with Crippen molar-refractivity contribution in [3.63, 3.8) is 0 Å². The number of barbiturate groups is 1. The third-order valence-corrected chi connectivity index (χ3v) is 5.59. The van der Waals surface area contributed by atoms with Crippen molar-refractivity contribution in [2.45, 2.75) is 38.5 Å². The third-order valence-electron chi connectivity index (χ3n) is 5.59. The van der Waals surface area contributed by atoms with Crippen molar-refractivity contribution in [3.05, 3.63) is 29.3 Å². The van der Waals surface area contributed by atoms with Gasteiger partial charge in [0, 0.05) is 17.8 Å². The van der Waals surface area contributed by atoms with Crippen molar-refractivity contribution in [2.24, 2.45) is 11.1 Å². The summed E-state index contributed by atoms with van der Waals surface area (Å²) >= 11 is 0. The molecule has 27 heavy (non-hydrogen) atoms.